The Morgan fingerprint density at radius 3 is 2.50 bits per heavy atom. The van der Waals surface area contributed by atoms with Crippen LogP contribution < -0.4 is 5.32 Å². The molecule has 1 saturated heterocycles. The second-order valence-electron chi connectivity index (χ2n) is 3.64. The van der Waals surface area contributed by atoms with Crippen LogP contribution in [0.5, 0.6) is 0 Å². The molecule has 14 heavy (non-hydrogen) atoms. The van der Waals surface area contributed by atoms with Gasteiger partial charge in [-0.25, -0.2) is 0 Å². The third-order valence-corrected chi connectivity index (χ3v) is 2.54. The minimum absolute atomic E-state index is 0.137. The minimum atomic E-state index is -1.05. The molecule has 3 atom stereocenters. The molecule has 0 aromatic heterocycles. The molecule has 78 valence electrons. The van der Waals surface area contributed by atoms with E-state index in [1.54, 1.807) is 6.92 Å². The van der Waals surface area contributed by atoms with Crippen LogP contribution in [0.15, 0.2) is 0 Å². The van der Waals surface area contributed by atoms with Crippen LogP contribution in [-0.4, -0.2) is 28.8 Å². The largest absolute Gasteiger partial charge is 0.481 e. The number of carboxylic acids is 1. The molecule has 1 heterocycles. The van der Waals surface area contributed by atoms with Crippen molar-refractivity contribution < 1.29 is 19.5 Å². The summed E-state index contributed by atoms with van der Waals surface area (Å²) in [4.78, 5) is 33.0. The van der Waals surface area contributed by atoms with Gasteiger partial charge in [-0.05, 0) is 13.8 Å². The normalized spacial score (nSPS) is 31.3. The molecule has 0 aromatic rings. The molecule has 1 aliphatic rings. The standard InChI is InChI=1S/C9H13NO4/c1-4-8(5(2)11)6(3-7(12)13)9(14)10-4/h4,6,8H,3H2,1-2H3,(H,10,14)(H,12,13)/t4-,6+,8+/m0/s1. The molecule has 0 bridgehead atoms. The van der Waals surface area contributed by atoms with E-state index in [2.05, 4.69) is 5.32 Å². The molecule has 0 aliphatic carbocycles. The fraction of sp³-hybridized carbons (Fsp3) is 0.667. The van der Waals surface area contributed by atoms with E-state index in [0.29, 0.717) is 0 Å². The van der Waals surface area contributed by atoms with Crippen LogP contribution in [0.1, 0.15) is 20.3 Å². The van der Waals surface area contributed by atoms with Crippen LogP contribution >= 0.6 is 0 Å². The molecule has 0 radical (unpaired) electrons. The van der Waals surface area contributed by atoms with Crippen molar-refractivity contribution in [1.29, 1.82) is 0 Å². The lowest BCUT2D eigenvalue weighted by Gasteiger charge is -2.14. The van der Waals surface area contributed by atoms with Gasteiger partial charge in [-0.2, -0.15) is 0 Å². The summed E-state index contributed by atoms with van der Waals surface area (Å²) in [5, 5.41) is 11.2. The lowest BCUT2D eigenvalue weighted by Crippen LogP contribution is -2.29. The van der Waals surface area contributed by atoms with E-state index in [9.17, 15) is 14.4 Å². The van der Waals surface area contributed by atoms with Crippen molar-refractivity contribution in [3.8, 4) is 0 Å². The summed E-state index contributed by atoms with van der Waals surface area (Å²) in [5.41, 5.74) is 0. The number of rotatable bonds is 3. The van der Waals surface area contributed by atoms with Crippen LogP contribution in [-0.2, 0) is 14.4 Å². The van der Waals surface area contributed by atoms with Gasteiger partial charge in [0.15, 0.2) is 0 Å². The van der Waals surface area contributed by atoms with Gasteiger partial charge in [-0.3, -0.25) is 14.4 Å². The first-order valence-electron chi connectivity index (χ1n) is 4.46. The maximum atomic E-state index is 11.3. The summed E-state index contributed by atoms with van der Waals surface area (Å²) >= 11 is 0. The average molecular weight is 199 g/mol. The summed E-state index contributed by atoms with van der Waals surface area (Å²) in [5.74, 6) is -2.73. The zero-order chi connectivity index (χ0) is 10.9. The molecule has 1 rings (SSSR count). The molecule has 0 saturated carbocycles. The van der Waals surface area contributed by atoms with Gasteiger partial charge < -0.3 is 10.4 Å². The van der Waals surface area contributed by atoms with Gasteiger partial charge in [0.2, 0.25) is 5.91 Å². The zero-order valence-electron chi connectivity index (χ0n) is 8.11. The number of hydrogen-bond donors (Lipinski definition) is 2. The highest BCUT2D eigenvalue weighted by molar-refractivity contribution is 5.93. The quantitative estimate of drug-likeness (QED) is 0.659. The lowest BCUT2D eigenvalue weighted by molar-refractivity contribution is -0.141. The Labute approximate surface area is 81.5 Å². The average Bonchev–Trinajstić information content (AvgIpc) is 2.25. The Bertz CT molecular complexity index is 287. The minimum Gasteiger partial charge on any atom is -0.481 e. The van der Waals surface area contributed by atoms with Crippen LogP contribution in [0, 0.1) is 11.8 Å². The Morgan fingerprint density at radius 1 is 1.50 bits per heavy atom. The number of carbonyl (C=O) groups excluding carboxylic acids is 2. The smallest absolute Gasteiger partial charge is 0.304 e. The Hall–Kier alpha value is -1.39. The SMILES string of the molecule is CC(=O)[C@H]1[C@H](C)NC(=O)[C@@H]1CC(=O)O. The maximum absolute atomic E-state index is 11.3. The van der Waals surface area contributed by atoms with Crippen molar-refractivity contribution in [3.63, 3.8) is 0 Å². The molecule has 5 nitrogen and oxygen atoms in total. The molecule has 5 heteroatoms. The highest BCUT2D eigenvalue weighted by atomic mass is 16.4. The van der Waals surface area contributed by atoms with E-state index >= 15 is 0 Å². The van der Waals surface area contributed by atoms with Gasteiger partial charge in [-0.15, -0.1) is 0 Å². The van der Waals surface area contributed by atoms with Gasteiger partial charge in [0.1, 0.15) is 5.78 Å². The summed E-state index contributed by atoms with van der Waals surface area (Å²) < 4.78 is 0. The molecular formula is C9H13NO4. The first kappa shape index (κ1) is 10.7. The summed E-state index contributed by atoms with van der Waals surface area (Å²) in [7, 11) is 0. The topological polar surface area (TPSA) is 83.5 Å². The monoisotopic (exact) mass is 199 g/mol. The second-order valence-corrected chi connectivity index (χ2v) is 3.64. The molecule has 0 aromatic carbocycles. The molecule has 1 amide bonds. The molecule has 1 fully saturated rings. The number of amides is 1. The molecule has 2 N–H and O–H groups in total. The summed E-state index contributed by atoms with van der Waals surface area (Å²) in [6, 6.07) is -0.260. The number of aliphatic carboxylic acids is 1. The predicted molar refractivity (Wildman–Crippen MR) is 47.5 cm³/mol. The predicted octanol–water partition coefficient (Wildman–Crippen LogP) is -0.199. The van der Waals surface area contributed by atoms with Crippen LogP contribution in [0.4, 0.5) is 0 Å². The van der Waals surface area contributed by atoms with Crippen molar-refractivity contribution >= 4 is 17.7 Å². The highest BCUT2D eigenvalue weighted by Gasteiger charge is 2.43. The van der Waals surface area contributed by atoms with E-state index in [-0.39, 0.29) is 24.2 Å². The maximum Gasteiger partial charge on any atom is 0.304 e. The van der Waals surface area contributed by atoms with E-state index in [4.69, 9.17) is 5.11 Å². The third kappa shape index (κ3) is 1.92. The van der Waals surface area contributed by atoms with E-state index in [0.717, 1.165) is 0 Å². The van der Waals surface area contributed by atoms with Crippen LogP contribution in [0.2, 0.25) is 0 Å². The van der Waals surface area contributed by atoms with Crippen LogP contribution in [0.25, 0.3) is 0 Å². The first-order chi connectivity index (χ1) is 6.43. The van der Waals surface area contributed by atoms with Crippen molar-refractivity contribution in [2.24, 2.45) is 11.8 Å². The fourth-order valence-corrected chi connectivity index (χ4v) is 1.98. The van der Waals surface area contributed by atoms with Crippen LogP contribution in [0.3, 0.4) is 0 Å². The third-order valence-electron chi connectivity index (χ3n) is 2.54. The lowest BCUT2D eigenvalue weighted by atomic mass is 9.85. The van der Waals surface area contributed by atoms with Gasteiger partial charge in [0, 0.05) is 12.0 Å². The molecule has 0 unspecified atom stereocenters. The number of Topliss-reactive ketones (excluding diaryl/α,β-unsaturated/α-hetero) is 1. The van der Waals surface area contributed by atoms with E-state index in [1.165, 1.54) is 6.92 Å². The van der Waals surface area contributed by atoms with Gasteiger partial charge in [0.25, 0.3) is 0 Å². The summed E-state index contributed by atoms with van der Waals surface area (Å²) in [6.07, 6.45) is -0.277. The Morgan fingerprint density at radius 2 is 2.07 bits per heavy atom. The second kappa shape index (κ2) is 3.77. The molecular weight excluding hydrogens is 186 g/mol. The van der Waals surface area contributed by atoms with Gasteiger partial charge in [0.05, 0.1) is 12.3 Å². The van der Waals surface area contributed by atoms with E-state index in [1.807, 2.05) is 0 Å². The summed E-state index contributed by atoms with van der Waals surface area (Å²) in [6.45, 7) is 3.10. The van der Waals surface area contributed by atoms with E-state index < -0.39 is 17.8 Å². The number of carbonyl (C=O) groups is 3. The highest BCUT2D eigenvalue weighted by Crippen LogP contribution is 2.27. The zero-order valence-corrected chi connectivity index (χ0v) is 8.11. The number of hydrogen-bond acceptors (Lipinski definition) is 3. The number of ketones is 1. The number of nitrogens with one attached hydrogen (secondary N) is 1. The Kier molecular flexibility index (Phi) is 2.88. The number of carboxylic acid groups (broad SMARTS) is 1. The molecule has 1 aliphatic heterocycles. The first-order valence-corrected chi connectivity index (χ1v) is 4.46. The van der Waals surface area contributed by atoms with Crippen molar-refractivity contribution in [3.05, 3.63) is 0 Å². The molecule has 0 spiro atoms. The van der Waals surface area contributed by atoms with Gasteiger partial charge >= 0.3 is 5.97 Å². The van der Waals surface area contributed by atoms with Crippen molar-refractivity contribution in [2.45, 2.75) is 26.3 Å². The fourth-order valence-electron chi connectivity index (χ4n) is 1.98. The van der Waals surface area contributed by atoms with Gasteiger partial charge in [-0.1, -0.05) is 0 Å². The Balaban J connectivity index is 2.83. The van der Waals surface area contributed by atoms with Crippen molar-refractivity contribution in [1.82, 2.24) is 5.32 Å². The van der Waals surface area contributed by atoms with Crippen molar-refractivity contribution in [2.75, 3.05) is 0 Å².